The highest BCUT2D eigenvalue weighted by Crippen LogP contribution is 2.30. The second-order valence-corrected chi connectivity index (χ2v) is 6.39. The first-order valence-electron chi connectivity index (χ1n) is 8.99. The molecule has 6 nitrogen and oxygen atoms in total. The zero-order chi connectivity index (χ0) is 21.6. The van der Waals surface area contributed by atoms with E-state index < -0.39 is 28.8 Å². The number of amides is 1. The van der Waals surface area contributed by atoms with Gasteiger partial charge in [-0.05, 0) is 26.3 Å². The van der Waals surface area contributed by atoms with Gasteiger partial charge in [-0.15, -0.1) is 0 Å². The van der Waals surface area contributed by atoms with Crippen LogP contribution in [-0.4, -0.2) is 22.9 Å². The number of nitrogens with zero attached hydrogens (tertiary/aromatic N) is 1. The summed E-state index contributed by atoms with van der Waals surface area (Å²) >= 11 is 0. The second kappa shape index (κ2) is 9.51. The van der Waals surface area contributed by atoms with Gasteiger partial charge in [0.25, 0.3) is 5.91 Å². The lowest BCUT2D eigenvalue weighted by Gasteiger charge is -2.18. The third-order valence-electron chi connectivity index (χ3n) is 4.20. The van der Waals surface area contributed by atoms with Gasteiger partial charge in [0.1, 0.15) is 23.4 Å². The molecule has 150 valence electrons. The standard InChI is InChI=1S/C22H21FN2O4/c1-4-13(2)29-20-11-19(25-22(28)17(12-24)14(3)26)18(23)10-16(20)21(27)15-8-6-5-7-9-15/h5-11,13,26H,4H2,1-3H3,(H,25,28)/b17-14-. The zero-order valence-electron chi connectivity index (χ0n) is 16.3. The number of anilines is 1. The van der Waals surface area contributed by atoms with Crippen LogP contribution in [-0.2, 0) is 4.79 Å². The maximum Gasteiger partial charge on any atom is 0.269 e. The van der Waals surface area contributed by atoms with Crippen LogP contribution in [0.4, 0.5) is 10.1 Å². The Bertz CT molecular complexity index is 990. The molecule has 0 bridgehead atoms. The Morgan fingerprint density at radius 2 is 1.93 bits per heavy atom. The van der Waals surface area contributed by atoms with Crippen molar-refractivity contribution in [2.45, 2.75) is 33.3 Å². The molecule has 0 aliphatic rings. The number of benzene rings is 2. The maximum atomic E-state index is 14.7. The summed E-state index contributed by atoms with van der Waals surface area (Å²) in [6.07, 6.45) is 0.379. The van der Waals surface area contributed by atoms with E-state index in [4.69, 9.17) is 10.00 Å². The number of hydrogen-bond donors (Lipinski definition) is 2. The van der Waals surface area contributed by atoms with E-state index >= 15 is 0 Å². The predicted molar refractivity (Wildman–Crippen MR) is 106 cm³/mol. The normalized spacial score (nSPS) is 12.4. The minimum atomic E-state index is -0.969. The number of carbonyl (C=O) groups is 2. The van der Waals surface area contributed by atoms with Gasteiger partial charge in [0.05, 0.1) is 17.4 Å². The molecule has 0 saturated heterocycles. The summed E-state index contributed by atoms with van der Waals surface area (Å²) < 4.78 is 20.5. The molecule has 29 heavy (non-hydrogen) atoms. The van der Waals surface area contributed by atoms with E-state index in [1.165, 1.54) is 13.0 Å². The van der Waals surface area contributed by atoms with Crippen LogP contribution in [0, 0.1) is 17.1 Å². The van der Waals surface area contributed by atoms with Gasteiger partial charge in [0, 0.05) is 11.6 Å². The van der Waals surface area contributed by atoms with Gasteiger partial charge in [0.2, 0.25) is 0 Å². The molecule has 1 amide bonds. The van der Waals surface area contributed by atoms with Crippen molar-refractivity contribution < 1.29 is 23.8 Å². The lowest BCUT2D eigenvalue weighted by atomic mass is 10.0. The Kier molecular flexibility index (Phi) is 7.10. The minimum absolute atomic E-state index is 0.0152. The Balaban J connectivity index is 2.50. The fraction of sp³-hybridized carbons (Fsp3) is 0.227. The van der Waals surface area contributed by atoms with Crippen LogP contribution in [0.2, 0.25) is 0 Å². The molecule has 1 atom stereocenters. The fourth-order valence-corrected chi connectivity index (χ4v) is 2.45. The van der Waals surface area contributed by atoms with Crippen LogP contribution < -0.4 is 10.1 Å². The number of ketones is 1. The van der Waals surface area contributed by atoms with Crippen molar-refractivity contribution >= 4 is 17.4 Å². The van der Waals surface area contributed by atoms with Crippen molar-refractivity contribution in [2.75, 3.05) is 5.32 Å². The van der Waals surface area contributed by atoms with E-state index in [9.17, 15) is 19.1 Å². The van der Waals surface area contributed by atoms with Crippen molar-refractivity contribution in [3.63, 3.8) is 0 Å². The monoisotopic (exact) mass is 396 g/mol. The van der Waals surface area contributed by atoms with Crippen LogP contribution in [0.5, 0.6) is 5.75 Å². The third kappa shape index (κ3) is 5.20. The van der Waals surface area contributed by atoms with E-state index in [1.807, 2.05) is 6.92 Å². The Morgan fingerprint density at radius 3 is 2.48 bits per heavy atom. The molecule has 0 saturated carbocycles. The van der Waals surface area contributed by atoms with E-state index in [-0.39, 0.29) is 23.1 Å². The van der Waals surface area contributed by atoms with E-state index in [0.29, 0.717) is 12.0 Å². The molecule has 7 heteroatoms. The molecular weight excluding hydrogens is 375 g/mol. The van der Waals surface area contributed by atoms with Crippen LogP contribution >= 0.6 is 0 Å². The largest absolute Gasteiger partial charge is 0.511 e. The number of nitriles is 1. The molecule has 2 N–H and O–H groups in total. The van der Waals surface area contributed by atoms with Gasteiger partial charge in [0.15, 0.2) is 11.4 Å². The molecule has 2 aromatic rings. The fourth-order valence-electron chi connectivity index (χ4n) is 2.45. The lowest BCUT2D eigenvalue weighted by molar-refractivity contribution is -0.112. The number of rotatable bonds is 7. The average molecular weight is 396 g/mol. The number of aliphatic hydroxyl groups excluding tert-OH is 1. The summed E-state index contributed by atoms with van der Waals surface area (Å²) in [6, 6.07) is 12.1. The first-order chi connectivity index (χ1) is 13.8. The van der Waals surface area contributed by atoms with Gasteiger partial charge < -0.3 is 15.2 Å². The quantitative estimate of drug-likeness (QED) is 0.310. The van der Waals surface area contributed by atoms with Crippen LogP contribution in [0.1, 0.15) is 43.1 Å². The smallest absolute Gasteiger partial charge is 0.269 e. The maximum absolute atomic E-state index is 14.7. The molecule has 0 spiro atoms. The Hall–Kier alpha value is -3.66. The van der Waals surface area contributed by atoms with Crippen molar-refractivity contribution in [3.8, 4) is 11.8 Å². The number of ether oxygens (including phenoxy) is 1. The molecule has 2 aromatic carbocycles. The Morgan fingerprint density at radius 1 is 1.28 bits per heavy atom. The van der Waals surface area contributed by atoms with Gasteiger partial charge in [-0.2, -0.15) is 5.26 Å². The number of nitrogens with one attached hydrogen (secondary N) is 1. The molecule has 0 aliphatic heterocycles. The molecule has 0 radical (unpaired) electrons. The van der Waals surface area contributed by atoms with Crippen molar-refractivity contribution in [1.29, 1.82) is 5.26 Å². The Labute approximate surface area is 168 Å². The molecule has 2 rings (SSSR count). The zero-order valence-corrected chi connectivity index (χ0v) is 16.3. The second-order valence-electron chi connectivity index (χ2n) is 6.39. The lowest BCUT2D eigenvalue weighted by Crippen LogP contribution is -2.18. The molecule has 0 heterocycles. The van der Waals surface area contributed by atoms with Crippen molar-refractivity contribution in [2.24, 2.45) is 0 Å². The number of aliphatic hydroxyl groups is 1. The summed E-state index contributed by atoms with van der Waals surface area (Å²) in [6.45, 7) is 4.86. The van der Waals surface area contributed by atoms with Gasteiger partial charge in [-0.3, -0.25) is 9.59 Å². The summed E-state index contributed by atoms with van der Waals surface area (Å²) in [5.74, 6) is -2.65. The molecule has 1 unspecified atom stereocenters. The summed E-state index contributed by atoms with van der Waals surface area (Å²) in [5, 5.41) is 20.6. The number of hydrogen-bond acceptors (Lipinski definition) is 5. The van der Waals surface area contributed by atoms with Crippen molar-refractivity contribution in [1.82, 2.24) is 0 Å². The van der Waals surface area contributed by atoms with Gasteiger partial charge >= 0.3 is 0 Å². The van der Waals surface area contributed by atoms with Crippen LogP contribution in [0.15, 0.2) is 53.8 Å². The third-order valence-corrected chi connectivity index (χ3v) is 4.20. The summed E-state index contributed by atoms with van der Waals surface area (Å²) in [5.41, 5.74) is -0.435. The van der Waals surface area contributed by atoms with Crippen molar-refractivity contribution in [3.05, 3.63) is 70.7 Å². The number of carbonyl (C=O) groups excluding carboxylic acids is 2. The van der Waals surface area contributed by atoms with E-state index in [0.717, 1.165) is 6.07 Å². The van der Waals surface area contributed by atoms with Gasteiger partial charge in [-0.1, -0.05) is 37.3 Å². The van der Waals surface area contributed by atoms with Gasteiger partial charge in [-0.25, -0.2) is 4.39 Å². The minimum Gasteiger partial charge on any atom is -0.511 e. The van der Waals surface area contributed by atoms with E-state index in [2.05, 4.69) is 5.32 Å². The van der Waals surface area contributed by atoms with Crippen LogP contribution in [0.3, 0.4) is 0 Å². The first-order valence-corrected chi connectivity index (χ1v) is 8.99. The van der Waals surface area contributed by atoms with Crippen LogP contribution in [0.25, 0.3) is 0 Å². The predicted octanol–water partition coefficient (Wildman–Crippen LogP) is 4.53. The average Bonchev–Trinajstić information content (AvgIpc) is 2.70. The first kappa shape index (κ1) is 21.6. The molecule has 0 aromatic heterocycles. The number of allylic oxidation sites excluding steroid dienone is 1. The summed E-state index contributed by atoms with van der Waals surface area (Å²) in [7, 11) is 0. The molecular formula is C22H21FN2O4. The highest BCUT2D eigenvalue weighted by molar-refractivity contribution is 6.11. The SMILES string of the molecule is CCC(C)Oc1cc(NC(=O)/C(C#N)=C(/C)O)c(F)cc1C(=O)c1ccccc1. The topological polar surface area (TPSA) is 99.4 Å². The highest BCUT2D eigenvalue weighted by atomic mass is 19.1. The van der Waals surface area contributed by atoms with E-state index in [1.54, 1.807) is 43.3 Å². The number of halogens is 1. The highest BCUT2D eigenvalue weighted by Gasteiger charge is 2.22. The summed E-state index contributed by atoms with van der Waals surface area (Å²) in [4.78, 5) is 25.0. The molecule has 0 fully saturated rings. The molecule has 0 aliphatic carbocycles.